The molecule has 0 saturated carbocycles. The Labute approximate surface area is 170 Å². The Hall–Kier alpha value is -2.71. The van der Waals surface area contributed by atoms with E-state index in [9.17, 15) is 0 Å². The van der Waals surface area contributed by atoms with Crippen molar-refractivity contribution in [2.45, 2.75) is 18.9 Å². The SMILES string of the molecule is COc1ccc(-c2cc(N3CCC(N4CCOCC4)CC3)c3nncn3n2)cc1. The zero-order valence-corrected chi connectivity index (χ0v) is 16.7. The lowest BCUT2D eigenvalue weighted by molar-refractivity contribution is 0.0115. The first kappa shape index (κ1) is 18.3. The van der Waals surface area contributed by atoms with Crippen molar-refractivity contribution in [2.24, 2.45) is 0 Å². The highest BCUT2D eigenvalue weighted by Crippen LogP contribution is 2.30. The van der Waals surface area contributed by atoms with E-state index in [-0.39, 0.29) is 0 Å². The van der Waals surface area contributed by atoms with Gasteiger partial charge in [0.05, 0.1) is 31.7 Å². The number of piperidine rings is 1. The summed E-state index contributed by atoms with van der Waals surface area (Å²) in [5, 5.41) is 13.1. The molecule has 0 atom stereocenters. The number of nitrogens with zero attached hydrogens (tertiary/aromatic N) is 6. The van der Waals surface area contributed by atoms with Crippen LogP contribution in [0.3, 0.4) is 0 Å². The highest BCUT2D eigenvalue weighted by Gasteiger charge is 2.27. The minimum Gasteiger partial charge on any atom is -0.497 e. The summed E-state index contributed by atoms with van der Waals surface area (Å²) in [5.74, 6) is 0.838. The molecular weight excluding hydrogens is 368 g/mol. The van der Waals surface area contributed by atoms with Crippen LogP contribution in [0.25, 0.3) is 16.9 Å². The van der Waals surface area contributed by atoms with Crippen LogP contribution in [-0.2, 0) is 4.74 Å². The van der Waals surface area contributed by atoms with Gasteiger partial charge in [-0.05, 0) is 43.2 Å². The Morgan fingerprint density at radius 1 is 1.03 bits per heavy atom. The summed E-state index contributed by atoms with van der Waals surface area (Å²) in [4.78, 5) is 5.01. The first-order chi connectivity index (χ1) is 14.3. The summed E-state index contributed by atoms with van der Waals surface area (Å²) in [5.41, 5.74) is 3.87. The van der Waals surface area contributed by atoms with Crippen LogP contribution in [0.5, 0.6) is 5.75 Å². The molecule has 8 nitrogen and oxygen atoms in total. The maximum Gasteiger partial charge on any atom is 0.200 e. The van der Waals surface area contributed by atoms with Crippen LogP contribution in [0.2, 0.25) is 0 Å². The Balaban J connectivity index is 1.40. The van der Waals surface area contributed by atoms with E-state index < -0.39 is 0 Å². The molecule has 0 radical (unpaired) electrons. The van der Waals surface area contributed by atoms with Gasteiger partial charge in [0.25, 0.3) is 0 Å². The molecular formula is C21H26N6O2. The molecule has 5 rings (SSSR count). The minimum atomic E-state index is 0.645. The largest absolute Gasteiger partial charge is 0.497 e. The maximum atomic E-state index is 5.51. The second-order valence-corrected chi connectivity index (χ2v) is 7.61. The molecule has 4 heterocycles. The average molecular weight is 394 g/mol. The van der Waals surface area contributed by atoms with E-state index in [1.807, 2.05) is 24.3 Å². The van der Waals surface area contributed by atoms with Crippen molar-refractivity contribution in [3.63, 3.8) is 0 Å². The van der Waals surface area contributed by atoms with Gasteiger partial charge in [-0.1, -0.05) is 0 Å². The Morgan fingerprint density at radius 2 is 1.79 bits per heavy atom. The molecule has 0 unspecified atom stereocenters. The van der Waals surface area contributed by atoms with E-state index in [4.69, 9.17) is 14.6 Å². The molecule has 0 bridgehead atoms. The standard InChI is InChI=1S/C21H26N6O2/c1-28-18-4-2-16(3-5-18)19-14-20(21-23-22-15-27(21)24-19)26-8-6-17(7-9-26)25-10-12-29-13-11-25/h2-5,14-15,17H,6-13H2,1H3. The Kier molecular flexibility index (Phi) is 5.03. The first-order valence-electron chi connectivity index (χ1n) is 10.2. The number of anilines is 1. The van der Waals surface area contributed by atoms with Crippen LogP contribution in [0, 0.1) is 0 Å². The third kappa shape index (κ3) is 3.65. The number of ether oxygens (including phenoxy) is 2. The van der Waals surface area contributed by atoms with Gasteiger partial charge in [0.2, 0.25) is 5.65 Å². The van der Waals surface area contributed by atoms with Gasteiger partial charge in [-0.25, -0.2) is 0 Å². The highest BCUT2D eigenvalue weighted by atomic mass is 16.5. The van der Waals surface area contributed by atoms with Crippen LogP contribution in [0.15, 0.2) is 36.7 Å². The van der Waals surface area contributed by atoms with Gasteiger partial charge >= 0.3 is 0 Å². The lowest BCUT2D eigenvalue weighted by Gasteiger charge is -2.40. The Morgan fingerprint density at radius 3 is 2.52 bits per heavy atom. The van der Waals surface area contributed by atoms with Gasteiger partial charge in [-0.15, -0.1) is 10.2 Å². The number of morpholine rings is 1. The van der Waals surface area contributed by atoms with Crippen LogP contribution < -0.4 is 9.64 Å². The highest BCUT2D eigenvalue weighted by molar-refractivity contribution is 5.74. The fraction of sp³-hybridized carbons (Fsp3) is 0.476. The van der Waals surface area contributed by atoms with Crippen molar-refractivity contribution >= 4 is 11.3 Å². The number of methoxy groups -OCH3 is 1. The predicted molar refractivity (Wildman–Crippen MR) is 110 cm³/mol. The summed E-state index contributed by atoms with van der Waals surface area (Å²) in [6.45, 7) is 5.84. The Bertz CT molecular complexity index is 959. The third-order valence-electron chi connectivity index (χ3n) is 6.00. The molecule has 1 aromatic carbocycles. The van der Waals surface area contributed by atoms with E-state index in [2.05, 4.69) is 26.1 Å². The van der Waals surface area contributed by atoms with Crippen molar-refractivity contribution in [3.05, 3.63) is 36.7 Å². The van der Waals surface area contributed by atoms with Gasteiger partial charge in [-0.3, -0.25) is 4.90 Å². The number of aromatic nitrogens is 4. The molecule has 2 aromatic heterocycles. The smallest absolute Gasteiger partial charge is 0.200 e. The fourth-order valence-corrected chi connectivity index (χ4v) is 4.36. The molecule has 2 aliphatic rings. The van der Waals surface area contributed by atoms with Crippen LogP contribution >= 0.6 is 0 Å². The van der Waals surface area contributed by atoms with Gasteiger partial charge in [0, 0.05) is 37.8 Å². The lowest BCUT2D eigenvalue weighted by atomic mass is 10.0. The van der Waals surface area contributed by atoms with Gasteiger partial charge < -0.3 is 14.4 Å². The van der Waals surface area contributed by atoms with E-state index in [1.165, 1.54) is 0 Å². The van der Waals surface area contributed by atoms with Crippen molar-refractivity contribution < 1.29 is 9.47 Å². The molecule has 2 saturated heterocycles. The van der Waals surface area contributed by atoms with E-state index in [0.29, 0.717) is 6.04 Å². The lowest BCUT2D eigenvalue weighted by Crippen LogP contribution is -2.49. The zero-order chi connectivity index (χ0) is 19.6. The predicted octanol–water partition coefficient (Wildman–Crippen LogP) is 2.10. The molecule has 2 aliphatic heterocycles. The zero-order valence-electron chi connectivity index (χ0n) is 16.7. The summed E-state index contributed by atoms with van der Waals surface area (Å²) in [7, 11) is 1.68. The minimum absolute atomic E-state index is 0.645. The summed E-state index contributed by atoms with van der Waals surface area (Å²) in [6, 6.07) is 10.8. The molecule has 0 N–H and O–H groups in total. The number of rotatable bonds is 4. The van der Waals surface area contributed by atoms with Gasteiger partial charge in [0.1, 0.15) is 12.1 Å². The molecule has 3 aromatic rings. The summed E-state index contributed by atoms with van der Waals surface area (Å²) in [6.07, 6.45) is 3.98. The maximum absolute atomic E-state index is 5.51. The second kappa shape index (κ2) is 7.96. The van der Waals surface area contributed by atoms with Crippen LogP contribution in [0.1, 0.15) is 12.8 Å². The van der Waals surface area contributed by atoms with Crippen molar-refractivity contribution in [2.75, 3.05) is 51.4 Å². The second-order valence-electron chi connectivity index (χ2n) is 7.61. The topological polar surface area (TPSA) is 68.0 Å². The van der Waals surface area contributed by atoms with Crippen LogP contribution in [0.4, 0.5) is 5.69 Å². The summed E-state index contributed by atoms with van der Waals surface area (Å²) >= 11 is 0. The third-order valence-corrected chi connectivity index (χ3v) is 6.00. The van der Waals surface area contributed by atoms with Crippen LogP contribution in [-0.4, -0.2) is 77.3 Å². The average Bonchev–Trinajstić information content (AvgIpc) is 3.28. The number of benzene rings is 1. The molecule has 29 heavy (non-hydrogen) atoms. The molecule has 2 fully saturated rings. The van der Waals surface area contributed by atoms with E-state index in [1.54, 1.807) is 18.0 Å². The number of hydrogen-bond donors (Lipinski definition) is 0. The molecule has 8 heteroatoms. The first-order valence-corrected chi connectivity index (χ1v) is 10.2. The van der Waals surface area contributed by atoms with E-state index >= 15 is 0 Å². The van der Waals surface area contributed by atoms with Crippen molar-refractivity contribution in [1.29, 1.82) is 0 Å². The fourth-order valence-electron chi connectivity index (χ4n) is 4.36. The molecule has 0 aliphatic carbocycles. The molecule has 0 amide bonds. The van der Waals surface area contributed by atoms with Gasteiger partial charge in [0.15, 0.2) is 0 Å². The van der Waals surface area contributed by atoms with Crippen molar-refractivity contribution in [3.8, 4) is 17.0 Å². The van der Waals surface area contributed by atoms with Gasteiger partial charge in [-0.2, -0.15) is 9.61 Å². The summed E-state index contributed by atoms with van der Waals surface area (Å²) < 4.78 is 12.6. The number of hydrogen-bond acceptors (Lipinski definition) is 7. The normalized spacial score (nSPS) is 19.0. The molecule has 0 spiro atoms. The molecule has 152 valence electrons. The number of fused-ring (bicyclic) bond motifs is 1. The van der Waals surface area contributed by atoms with Crippen molar-refractivity contribution in [1.82, 2.24) is 24.7 Å². The van der Waals surface area contributed by atoms with E-state index in [0.717, 1.165) is 80.6 Å². The quantitative estimate of drug-likeness (QED) is 0.671. The monoisotopic (exact) mass is 394 g/mol.